The Hall–Kier alpha value is -3.02. The number of benzene rings is 2. The fourth-order valence-corrected chi connectivity index (χ4v) is 5.23. The highest BCUT2D eigenvalue weighted by Gasteiger charge is 2.35. The Morgan fingerprint density at radius 2 is 1.91 bits per heavy atom. The number of aryl methyl sites for hydroxylation is 1. The molecule has 34 heavy (non-hydrogen) atoms. The number of para-hydroxylation sites is 1. The molecule has 3 rings (SSSR count). The molecule has 1 unspecified atom stereocenters. The van der Waals surface area contributed by atoms with Crippen LogP contribution in [-0.2, 0) is 30.8 Å². The van der Waals surface area contributed by atoms with Crippen molar-refractivity contribution in [2.75, 3.05) is 33.4 Å². The van der Waals surface area contributed by atoms with Gasteiger partial charge in [-0.2, -0.15) is 4.31 Å². The number of sulfonamides is 1. The molecule has 1 atom stereocenters. The second-order valence-corrected chi connectivity index (χ2v) is 9.62. The van der Waals surface area contributed by atoms with Crippen LogP contribution in [0.3, 0.4) is 0 Å². The van der Waals surface area contributed by atoms with Crippen molar-refractivity contribution in [2.45, 2.75) is 30.9 Å². The van der Waals surface area contributed by atoms with Crippen LogP contribution in [0.25, 0.3) is 0 Å². The Morgan fingerprint density at radius 3 is 2.65 bits per heavy atom. The Bertz CT molecular complexity index is 1140. The summed E-state index contributed by atoms with van der Waals surface area (Å²) in [6.45, 7) is 1.96. The summed E-state index contributed by atoms with van der Waals surface area (Å²) in [6.07, 6.45) is -0.0556. The van der Waals surface area contributed by atoms with Crippen LogP contribution in [0.5, 0.6) is 5.75 Å². The summed E-state index contributed by atoms with van der Waals surface area (Å²) in [6, 6.07) is 10.9. The van der Waals surface area contributed by atoms with Gasteiger partial charge in [0, 0.05) is 13.1 Å². The van der Waals surface area contributed by atoms with E-state index in [9.17, 15) is 22.4 Å². The van der Waals surface area contributed by atoms with Gasteiger partial charge in [-0.15, -0.1) is 0 Å². The predicted molar refractivity (Wildman–Crippen MR) is 122 cm³/mol. The van der Waals surface area contributed by atoms with E-state index in [1.807, 2.05) is 18.2 Å². The maximum absolute atomic E-state index is 13.6. The molecule has 0 radical (unpaired) electrons. The van der Waals surface area contributed by atoms with Gasteiger partial charge < -0.3 is 20.1 Å². The molecular formula is C23H28FN3O6S. The Morgan fingerprint density at radius 1 is 1.18 bits per heavy atom. The molecule has 1 saturated heterocycles. The number of rotatable bonds is 8. The molecule has 2 amide bonds. The summed E-state index contributed by atoms with van der Waals surface area (Å²) in [5, 5.41) is 4.96. The van der Waals surface area contributed by atoms with Crippen molar-refractivity contribution in [1.29, 1.82) is 0 Å². The van der Waals surface area contributed by atoms with Crippen molar-refractivity contribution in [2.24, 2.45) is 0 Å². The molecule has 1 fully saturated rings. The van der Waals surface area contributed by atoms with E-state index < -0.39 is 33.9 Å². The average Bonchev–Trinajstić information content (AvgIpc) is 2.84. The van der Waals surface area contributed by atoms with Crippen LogP contribution in [-0.4, -0.2) is 64.1 Å². The van der Waals surface area contributed by atoms with Gasteiger partial charge in [-0.1, -0.05) is 18.2 Å². The third kappa shape index (κ3) is 6.10. The monoisotopic (exact) mass is 493 g/mol. The van der Waals surface area contributed by atoms with E-state index in [-0.39, 0.29) is 30.1 Å². The minimum Gasteiger partial charge on any atom is -0.496 e. The quantitative estimate of drug-likeness (QED) is 0.537. The normalized spacial score (nSPS) is 16.6. The van der Waals surface area contributed by atoms with E-state index in [4.69, 9.17) is 9.47 Å². The first kappa shape index (κ1) is 25.6. The third-order valence-electron chi connectivity index (χ3n) is 5.41. The molecule has 2 aromatic carbocycles. The highest BCUT2D eigenvalue weighted by atomic mass is 32.2. The topological polar surface area (TPSA) is 114 Å². The number of ether oxygens (including phenoxy) is 2. The zero-order chi connectivity index (χ0) is 24.7. The van der Waals surface area contributed by atoms with Gasteiger partial charge in [-0.3, -0.25) is 9.59 Å². The standard InChI is InChI=1S/C23H28FN3O6S/c1-16-14-18(8-9-19(16)24)34(30,31)27-12-5-13-33-21(27)15-26-23(29)22(28)25-11-10-17-6-3-4-7-20(17)32-2/h3-4,6-9,14,21H,5,10-13,15H2,1-2H3,(H,25,28)(H,26,29). The van der Waals surface area contributed by atoms with Crippen LogP contribution in [0, 0.1) is 12.7 Å². The van der Waals surface area contributed by atoms with Crippen LogP contribution < -0.4 is 15.4 Å². The lowest BCUT2D eigenvalue weighted by Gasteiger charge is -2.34. The molecule has 2 N–H and O–H groups in total. The van der Waals surface area contributed by atoms with Gasteiger partial charge in [0.25, 0.3) is 0 Å². The highest BCUT2D eigenvalue weighted by Crippen LogP contribution is 2.23. The summed E-state index contributed by atoms with van der Waals surface area (Å²) in [4.78, 5) is 24.3. The highest BCUT2D eigenvalue weighted by molar-refractivity contribution is 7.89. The molecule has 184 valence electrons. The summed E-state index contributed by atoms with van der Waals surface area (Å²) < 4.78 is 51.7. The number of amides is 2. The van der Waals surface area contributed by atoms with E-state index in [2.05, 4.69) is 10.6 Å². The minimum atomic E-state index is -3.99. The van der Waals surface area contributed by atoms with Crippen LogP contribution in [0.2, 0.25) is 0 Å². The Labute approximate surface area is 198 Å². The van der Waals surface area contributed by atoms with E-state index in [1.54, 1.807) is 13.2 Å². The van der Waals surface area contributed by atoms with E-state index >= 15 is 0 Å². The number of carbonyl (C=O) groups excluding carboxylic acids is 2. The average molecular weight is 494 g/mol. The zero-order valence-electron chi connectivity index (χ0n) is 19.0. The van der Waals surface area contributed by atoms with Gasteiger partial charge in [0.1, 0.15) is 17.8 Å². The second-order valence-electron chi connectivity index (χ2n) is 7.73. The van der Waals surface area contributed by atoms with Gasteiger partial charge in [0.05, 0.1) is 25.2 Å². The van der Waals surface area contributed by atoms with E-state index in [1.165, 1.54) is 19.1 Å². The zero-order valence-corrected chi connectivity index (χ0v) is 19.9. The molecule has 2 aromatic rings. The number of halogens is 1. The molecule has 9 nitrogen and oxygen atoms in total. The predicted octanol–water partition coefficient (Wildman–Crippen LogP) is 1.35. The van der Waals surface area contributed by atoms with Crippen molar-refractivity contribution in [1.82, 2.24) is 14.9 Å². The Balaban J connectivity index is 1.56. The van der Waals surface area contributed by atoms with Gasteiger partial charge in [-0.05, 0) is 55.2 Å². The van der Waals surface area contributed by atoms with Crippen molar-refractivity contribution < 1.29 is 31.9 Å². The number of nitrogens with zero attached hydrogens (tertiary/aromatic N) is 1. The van der Waals surface area contributed by atoms with E-state index in [0.717, 1.165) is 15.9 Å². The molecule has 1 aliphatic heterocycles. The summed E-state index contributed by atoms with van der Waals surface area (Å²) in [5.41, 5.74) is 1.09. The van der Waals surface area contributed by atoms with Crippen molar-refractivity contribution >= 4 is 21.8 Å². The number of methoxy groups -OCH3 is 1. The summed E-state index contributed by atoms with van der Waals surface area (Å²) >= 11 is 0. The second kappa shape index (κ2) is 11.4. The number of hydrogen-bond acceptors (Lipinski definition) is 6. The first-order valence-corrected chi connectivity index (χ1v) is 12.3. The van der Waals surface area contributed by atoms with Gasteiger partial charge >= 0.3 is 11.8 Å². The van der Waals surface area contributed by atoms with Gasteiger partial charge in [-0.25, -0.2) is 12.8 Å². The fraction of sp³-hybridized carbons (Fsp3) is 0.391. The minimum absolute atomic E-state index is 0.0673. The van der Waals surface area contributed by atoms with Crippen LogP contribution >= 0.6 is 0 Å². The molecule has 0 aliphatic carbocycles. The molecule has 0 saturated carbocycles. The maximum Gasteiger partial charge on any atom is 0.309 e. The molecule has 0 spiro atoms. The summed E-state index contributed by atoms with van der Waals surface area (Å²) in [7, 11) is -2.44. The largest absolute Gasteiger partial charge is 0.496 e. The maximum atomic E-state index is 13.6. The SMILES string of the molecule is COc1ccccc1CCNC(=O)C(=O)NCC1OCCCN1S(=O)(=O)c1ccc(F)c(C)c1. The van der Waals surface area contributed by atoms with Crippen molar-refractivity contribution in [3.63, 3.8) is 0 Å². The summed E-state index contributed by atoms with van der Waals surface area (Å²) in [5.74, 6) is -1.55. The molecule has 1 aliphatic rings. The molecular weight excluding hydrogens is 465 g/mol. The van der Waals surface area contributed by atoms with Crippen LogP contribution in [0.15, 0.2) is 47.4 Å². The fourth-order valence-electron chi connectivity index (χ4n) is 3.58. The van der Waals surface area contributed by atoms with Gasteiger partial charge in [0.2, 0.25) is 10.0 Å². The number of nitrogens with one attached hydrogen (secondary N) is 2. The van der Waals surface area contributed by atoms with Gasteiger partial charge in [0.15, 0.2) is 0 Å². The first-order chi connectivity index (χ1) is 16.2. The number of hydrogen-bond donors (Lipinski definition) is 2. The molecule has 11 heteroatoms. The number of carbonyl (C=O) groups is 2. The smallest absolute Gasteiger partial charge is 0.309 e. The van der Waals surface area contributed by atoms with Crippen LogP contribution in [0.1, 0.15) is 17.5 Å². The van der Waals surface area contributed by atoms with Crippen molar-refractivity contribution in [3.8, 4) is 5.75 Å². The lowest BCUT2D eigenvalue weighted by molar-refractivity contribution is -0.140. The lowest BCUT2D eigenvalue weighted by Crippen LogP contribution is -2.53. The Kier molecular flexibility index (Phi) is 8.59. The first-order valence-electron chi connectivity index (χ1n) is 10.8. The third-order valence-corrected chi connectivity index (χ3v) is 7.29. The molecule has 1 heterocycles. The molecule has 0 bridgehead atoms. The van der Waals surface area contributed by atoms with E-state index in [0.29, 0.717) is 25.2 Å². The lowest BCUT2D eigenvalue weighted by atomic mass is 10.1. The van der Waals surface area contributed by atoms with Crippen molar-refractivity contribution in [3.05, 3.63) is 59.4 Å². The molecule has 0 aromatic heterocycles. The van der Waals surface area contributed by atoms with Crippen LogP contribution in [0.4, 0.5) is 4.39 Å².